The standard InChI is InChI=1S/C34H40ClN3O2/c1-7-8-9-11-14-24(2)33-27(5)36-26(4)25(3)23-31(17-18-32(33)35)34(37-40,29-15-12-10-13-16-29)30-19-21-38(22-20-30)28(6)39/h8-17,23,30H,2,4,7,18-22H2,1,3,5-6H3/b9-8-,14-11-,25-23?,31-17+,33-32+,36-27?. The maximum atomic E-state index is 13.1. The van der Waals surface area contributed by atoms with Crippen LogP contribution in [0.3, 0.4) is 0 Å². The molecule has 2 heterocycles. The van der Waals surface area contributed by atoms with Crippen LogP contribution in [-0.2, 0) is 10.3 Å². The zero-order chi connectivity index (χ0) is 29.3. The van der Waals surface area contributed by atoms with Gasteiger partial charge in [-0.15, -0.1) is 4.91 Å². The van der Waals surface area contributed by atoms with Gasteiger partial charge in [0.2, 0.25) is 5.91 Å². The Labute approximate surface area is 244 Å². The molecule has 1 saturated heterocycles. The lowest BCUT2D eigenvalue weighted by Crippen LogP contribution is -2.44. The van der Waals surface area contributed by atoms with Crippen molar-refractivity contribution < 1.29 is 4.79 Å². The van der Waals surface area contributed by atoms with E-state index in [9.17, 15) is 9.70 Å². The Balaban J connectivity index is 2.18. The van der Waals surface area contributed by atoms with Gasteiger partial charge in [-0.05, 0) is 61.3 Å². The fourth-order valence-electron chi connectivity index (χ4n) is 5.48. The average Bonchev–Trinajstić information content (AvgIpc) is 2.95. The summed E-state index contributed by atoms with van der Waals surface area (Å²) in [5.74, 6) is -0.0601. The molecule has 1 aromatic rings. The third kappa shape index (κ3) is 6.95. The van der Waals surface area contributed by atoms with E-state index in [4.69, 9.17) is 16.6 Å². The summed E-state index contributed by atoms with van der Waals surface area (Å²) in [6, 6.07) is 9.70. The number of nitrogens with zero attached hydrogens (tertiary/aromatic N) is 3. The smallest absolute Gasteiger partial charge is 0.219 e. The monoisotopic (exact) mass is 557 g/mol. The molecule has 1 amide bonds. The van der Waals surface area contributed by atoms with E-state index in [0.29, 0.717) is 43.1 Å². The second kappa shape index (κ2) is 14.2. The summed E-state index contributed by atoms with van der Waals surface area (Å²) in [6.45, 7) is 17.2. The van der Waals surface area contributed by atoms with Gasteiger partial charge in [0.1, 0.15) is 0 Å². The Morgan fingerprint density at radius 3 is 2.48 bits per heavy atom. The number of carbonyl (C=O) groups excluding carboxylic acids is 1. The molecule has 3 rings (SSSR count). The number of amides is 1. The lowest BCUT2D eigenvalue weighted by atomic mass is 9.68. The van der Waals surface area contributed by atoms with E-state index in [0.717, 1.165) is 40.0 Å². The maximum Gasteiger partial charge on any atom is 0.219 e. The van der Waals surface area contributed by atoms with Crippen molar-refractivity contribution in [2.24, 2.45) is 16.1 Å². The van der Waals surface area contributed by atoms with Crippen molar-refractivity contribution in [2.45, 2.75) is 58.9 Å². The highest BCUT2D eigenvalue weighted by molar-refractivity contribution is 6.33. The molecule has 0 radical (unpaired) electrons. The number of allylic oxidation sites excluding steroid dienone is 9. The molecule has 1 atom stereocenters. The number of carbonyl (C=O) groups is 1. The normalized spacial score (nSPS) is 22.4. The third-order valence-electron chi connectivity index (χ3n) is 7.69. The molecular weight excluding hydrogens is 518 g/mol. The van der Waals surface area contributed by atoms with E-state index < -0.39 is 5.54 Å². The quantitative estimate of drug-likeness (QED) is 0.237. The second-order valence-corrected chi connectivity index (χ2v) is 10.8. The highest BCUT2D eigenvalue weighted by Crippen LogP contribution is 2.47. The lowest BCUT2D eigenvalue weighted by Gasteiger charge is -2.41. The number of nitroso groups, excluding NO2 is 1. The molecule has 0 aliphatic carbocycles. The minimum atomic E-state index is -1.16. The van der Waals surface area contributed by atoms with Crippen LogP contribution in [0.4, 0.5) is 0 Å². The van der Waals surface area contributed by atoms with Crippen molar-refractivity contribution in [1.82, 2.24) is 4.90 Å². The number of hydrogen-bond donors (Lipinski definition) is 0. The fraction of sp³-hybridized carbons (Fsp3) is 0.353. The van der Waals surface area contributed by atoms with Crippen LogP contribution in [0.1, 0.15) is 58.9 Å². The highest BCUT2D eigenvalue weighted by Gasteiger charge is 2.46. The summed E-state index contributed by atoms with van der Waals surface area (Å²) >= 11 is 6.98. The molecule has 0 spiro atoms. The number of aliphatic imine (C=N–C) groups is 1. The third-order valence-corrected chi connectivity index (χ3v) is 8.04. The summed E-state index contributed by atoms with van der Waals surface area (Å²) in [5.41, 5.74) is 4.06. The van der Waals surface area contributed by atoms with Gasteiger partial charge in [-0.1, -0.05) is 104 Å². The van der Waals surface area contributed by atoms with Crippen LogP contribution in [-0.4, -0.2) is 29.6 Å². The van der Waals surface area contributed by atoms with Crippen molar-refractivity contribution >= 4 is 23.2 Å². The molecule has 0 N–H and O–H groups in total. The number of piperidine rings is 1. The van der Waals surface area contributed by atoms with E-state index in [-0.39, 0.29) is 11.8 Å². The first-order chi connectivity index (χ1) is 19.1. The fourth-order valence-corrected chi connectivity index (χ4v) is 5.82. The topological polar surface area (TPSA) is 62.1 Å². The molecule has 2 aliphatic heterocycles. The van der Waals surface area contributed by atoms with Crippen molar-refractivity contribution in [1.29, 1.82) is 0 Å². The van der Waals surface area contributed by atoms with Gasteiger partial charge in [0.25, 0.3) is 0 Å². The van der Waals surface area contributed by atoms with Crippen LogP contribution in [0.15, 0.2) is 123 Å². The first kappa shape index (κ1) is 31.0. The minimum absolute atomic E-state index is 0.0462. The van der Waals surface area contributed by atoms with Crippen molar-refractivity contribution in [3.05, 3.63) is 123 Å². The molecule has 1 fully saturated rings. The zero-order valence-corrected chi connectivity index (χ0v) is 24.9. The van der Waals surface area contributed by atoms with Gasteiger partial charge in [-0.2, -0.15) is 0 Å². The van der Waals surface area contributed by atoms with E-state index >= 15 is 0 Å². The van der Waals surface area contributed by atoms with Gasteiger partial charge >= 0.3 is 0 Å². The first-order valence-electron chi connectivity index (χ1n) is 13.9. The van der Waals surface area contributed by atoms with Crippen LogP contribution in [0, 0.1) is 10.8 Å². The Hall–Kier alpha value is -3.57. The maximum absolute atomic E-state index is 13.1. The van der Waals surface area contributed by atoms with Crippen LogP contribution in [0.5, 0.6) is 0 Å². The summed E-state index contributed by atoms with van der Waals surface area (Å²) in [4.78, 5) is 31.8. The first-order valence-corrected chi connectivity index (χ1v) is 14.2. The molecule has 1 unspecified atom stereocenters. The molecule has 0 bridgehead atoms. The van der Waals surface area contributed by atoms with E-state index in [1.165, 1.54) is 0 Å². The number of benzene rings is 1. The molecular formula is C34H40ClN3O2. The summed E-state index contributed by atoms with van der Waals surface area (Å²) < 4.78 is 0. The summed E-state index contributed by atoms with van der Waals surface area (Å²) in [6.07, 6.45) is 14.5. The molecule has 1 aromatic carbocycles. The van der Waals surface area contributed by atoms with Gasteiger partial charge in [0, 0.05) is 42.8 Å². The summed E-state index contributed by atoms with van der Waals surface area (Å²) in [7, 11) is 0. The van der Waals surface area contributed by atoms with Gasteiger partial charge in [-0.3, -0.25) is 9.79 Å². The van der Waals surface area contributed by atoms with Gasteiger partial charge < -0.3 is 4.90 Å². The number of rotatable bonds is 8. The molecule has 0 saturated carbocycles. The van der Waals surface area contributed by atoms with Crippen molar-refractivity contribution in [2.75, 3.05) is 13.1 Å². The van der Waals surface area contributed by atoms with Crippen molar-refractivity contribution in [3.8, 4) is 0 Å². The minimum Gasteiger partial charge on any atom is -0.343 e. The van der Waals surface area contributed by atoms with Crippen LogP contribution >= 0.6 is 11.6 Å². The zero-order valence-electron chi connectivity index (χ0n) is 24.1. The van der Waals surface area contributed by atoms with E-state index in [1.807, 2.05) is 79.5 Å². The number of likely N-dealkylation sites (tertiary alicyclic amines) is 1. The Morgan fingerprint density at radius 2 is 1.88 bits per heavy atom. The Bertz CT molecular complexity index is 1320. The molecule has 5 nitrogen and oxygen atoms in total. The molecule has 2 aliphatic rings. The number of hydrogen-bond acceptors (Lipinski definition) is 4. The summed E-state index contributed by atoms with van der Waals surface area (Å²) in [5, 5.41) is 4.49. The predicted molar refractivity (Wildman–Crippen MR) is 168 cm³/mol. The second-order valence-electron chi connectivity index (χ2n) is 10.3. The molecule has 0 aromatic heterocycles. The van der Waals surface area contributed by atoms with Gasteiger partial charge in [0.15, 0.2) is 5.54 Å². The van der Waals surface area contributed by atoms with E-state index in [2.05, 4.69) is 31.3 Å². The Kier molecular flexibility index (Phi) is 11.0. The predicted octanol–water partition coefficient (Wildman–Crippen LogP) is 8.73. The van der Waals surface area contributed by atoms with Crippen molar-refractivity contribution in [3.63, 3.8) is 0 Å². The van der Waals surface area contributed by atoms with Crippen LogP contribution in [0.2, 0.25) is 0 Å². The Morgan fingerprint density at radius 1 is 1.20 bits per heavy atom. The largest absolute Gasteiger partial charge is 0.343 e. The molecule has 40 heavy (non-hydrogen) atoms. The van der Waals surface area contributed by atoms with Crippen LogP contribution in [0.25, 0.3) is 0 Å². The molecule has 6 heteroatoms. The average molecular weight is 558 g/mol. The highest BCUT2D eigenvalue weighted by atomic mass is 35.5. The van der Waals surface area contributed by atoms with Gasteiger partial charge in [-0.25, -0.2) is 0 Å². The lowest BCUT2D eigenvalue weighted by molar-refractivity contribution is -0.130. The SMILES string of the molecule is C=C1N=C(C)/C(C(=C)/C=C\C=C/CC)=C(/Cl)C/C=C(/C(N=O)(c2ccccc2)C2CCN(C(C)=O)CC2)C=C1C. The van der Waals surface area contributed by atoms with Crippen LogP contribution < -0.4 is 0 Å². The van der Waals surface area contributed by atoms with E-state index in [1.54, 1.807) is 6.92 Å². The van der Waals surface area contributed by atoms with Gasteiger partial charge in [0.05, 0.1) is 5.70 Å². The molecule has 210 valence electrons. The number of halogens is 1.